The lowest BCUT2D eigenvalue weighted by Crippen LogP contribution is -2.44. The Morgan fingerprint density at radius 3 is 2.58 bits per heavy atom. The van der Waals surface area contributed by atoms with E-state index >= 15 is 0 Å². The molecule has 1 heterocycles. The van der Waals surface area contributed by atoms with Gasteiger partial charge in [-0.05, 0) is 18.1 Å². The van der Waals surface area contributed by atoms with Gasteiger partial charge in [0.25, 0.3) is 5.97 Å². The zero-order valence-electron chi connectivity index (χ0n) is 10.8. The molecule has 2 fully saturated rings. The van der Waals surface area contributed by atoms with Gasteiger partial charge >= 0.3 is 15.6 Å². The highest BCUT2D eigenvalue weighted by Gasteiger charge is 2.31. The molecule has 2 aliphatic rings. The molecule has 1 radical (unpaired) electrons. The SMILES string of the molecule is O.O=C1CC(NC(=O)C2CCCCC2)C(=O)[CH2][Al][O]1. The first-order chi connectivity index (χ1) is 8.66. The van der Waals surface area contributed by atoms with Gasteiger partial charge in [-0.15, -0.1) is 0 Å². The number of Topliss-reactive ketones (excluding diaryl/α,β-unsaturated/α-hetero) is 1. The fraction of sp³-hybridized carbons (Fsp3) is 0.750. The number of nitrogens with one attached hydrogen (secondary N) is 1. The molecule has 19 heavy (non-hydrogen) atoms. The van der Waals surface area contributed by atoms with Gasteiger partial charge in [0.05, 0.1) is 12.5 Å². The number of carbonyl (C=O) groups is 3. The topological polar surface area (TPSA) is 104 Å². The van der Waals surface area contributed by atoms with E-state index in [-0.39, 0.29) is 40.8 Å². The second-order valence-corrected chi connectivity index (χ2v) is 5.90. The van der Waals surface area contributed by atoms with Crippen molar-refractivity contribution in [3.05, 3.63) is 0 Å². The predicted octanol–water partition coefficient (Wildman–Crippen LogP) is -0.220. The summed E-state index contributed by atoms with van der Waals surface area (Å²) in [6.07, 6.45) is 5.10. The minimum atomic E-state index is -0.665. The second kappa shape index (κ2) is 7.63. The van der Waals surface area contributed by atoms with Crippen LogP contribution in [0.3, 0.4) is 0 Å². The molecule has 0 spiro atoms. The maximum absolute atomic E-state index is 12.0. The maximum Gasteiger partial charge on any atom is 0.533 e. The van der Waals surface area contributed by atoms with E-state index in [0.29, 0.717) is 0 Å². The third kappa shape index (κ3) is 4.61. The molecule has 0 bridgehead atoms. The van der Waals surface area contributed by atoms with Gasteiger partial charge in [-0.1, -0.05) is 19.3 Å². The summed E-state index contributed by atoms with van der Waals surface area (Å²) in [4.78, 5) is 35.1. The molecule has 0 aromatic carbocycles. The van der Waals surface area contributed by atoms with E-state index in [2.05, 4.69) is 5.32 Å². The molecular formula is C12H19AlNO5. The second-order valence-electron chi connectivity index (χ2n) is 4.93. The molecule has 1 aliphatic heterocycles. The van der Waals surface area contributed by atoms with Crippen LogP contribution >= 0.6 is 0 Å². The van der Waals surface area contributed by atoms with Crippen molar-refractivity contribution in [2.75, 3.05) is 0 Å². The first kappa shape index (κ1) is 16.2. The van der Waals surface area contributed by atoms with Crippen LogP contribution in [0.4, 0.5) is 0 Å². The summed E-state index contributed by atoms with van der Waals surface area (Å²) < 4.78 is 4.90. The molecule has 2 rings (SSSR count). The van der Waals surface area contributed by atoms with Gasteiger partial charge in [-0.2, -0.15) is 0 Å². The Kier molecular flexibility index (Phi) is 6.49. The van der Waals surface area contributed by atoms with Crippen LogP contribution in [0.1, 0.15) is 38.5 Å². The van der Waals surface area contributed by atoms with Crippen LogP contribution in [-0.4, -0.2) is 44.7 Å². The quantitative estimate of drug-likeness (QED) is 0.708. The van der Waals surface area contributed by atoms with Crippen LogP contribution in [0.15, 0.2) is 0 Å². The lowest BCUT2D eigenvalue weighted by atomic mass is 9.88. The Hall–Kier alpha value is -0.898. The van der Waals surface area contributed by atoms with E-state index in [1.165, 1.54) is 6.42 Å². The Morgan fingerprint density at radius 2 is 1.89 bits per heavy atom. The predicted molar refractivity (Wildman–Crippen MR) is 68.4 cm³/mol. The van der Waals surface area contributed by atoms with E-state index < -0.39 is 21.6 Å². The summed E-state index contributed by atoms with van der Waals surface area (Å²) in [6.45, 7) is 0. The number of rotatable bonds is 2. The van der Waals surface area contributed by atoms with Crippen molar-refractivity contribution in [2.45, 2.75) is 49.8 Å². The molecule has 1 unspecified atom stereocenters. The molecule has 1 aliphatic carbocycles. The number of hydrogen-bond acceptors (Lipinski definition) is 4. The largest absolute Gasteiger partial charge is 0.621 e. The minimum Gasteiger partial charge on any atom is -0.621 e. The Balaban J connectivity index is 0.00000180. The zero-order valence-corrected chi connectivity index (χ0v) is 12.0. The number of carbonyl (C=O) groups excluding carboxylic acids is 3. The molecule has 1 saturated heterocycles. The molecule has 0 aromatic heterocycles. The first-order valence-corrected chi connectivity index (χ1v) is 7.80. The fourth-order valence-corrected chi connectivity index (χ4v) is 3.29. The molecule has 105 valence electrons. The van der Waals surface area contributed by atoms with Crippen molar-refractivity contribution >= 4 is 33.2 Å². The Morgan fingerprint density at radius 1 is 1.21 bits per heavy atom. The van der Waals surface area contributed by atoms with Crippen LogP contribution in [0.25, 0.3) is 0 Å². The average molecular weight is 284 g/mol. The van der Waals surface area contributed by atoms with Crippen molar-refractivity contribution in [1.29, 1.82) is 0 Å². The van der Waals surface area contributed by atoms with Gasteiger partial charge in [0.2, 0.25) is 5.91 Å². The summed E-state index contributed by atoms with van der Waals surface area (Å²) >= 11 is -0.583. The maximum atomic E-state index is 12.0. The van der Waals surface area contributed by atoms with Crippen LogP contribution in [0, 0.1) is 5.92 Å². The smallest absolute Gasteiger partial charge is 0.533 e. The highest BCUT2D eigenvalue weighted by molar-refractivity contribution is 6.38. The van der Waals surface area contributed by atoms with Crippen LogP contribution in [0.5, 0.6) is 0 Å². The summed E-state index contributed by atoms with van der Waals surface area (Å²) in [7, 11) is 0. The minimum absolute atomic E-state index is 0. The molecule has 1 amide bonds. The summed E-state index contributed by atoms with van der Waals surface area (Å²) in [6, 6.07) is -0.665. The molecule has 0 aromatic rings. The van der Waals surface area contributed by atoms with E-state index in [0.717, 1.165) is 25.7 Å². The number of ketones is 1. The van der Waals surface area contributed by atoms with Gasteiger partial charge in [-0.25, -0.2) is 0 Å². The highest BCUT2D eigenvalue weighted by atomic mass is 27.1. The summed E-state index contributed by atoms with van der Waals surface area (Å²) in [5.41, 5.74) is 0. The van der Waals surface area contributed by atoms with Crippen LogP contribution in [-0.2, 0) is 18.2 Å². The van der Waals surface area contributed by atoms with Gasteiger partial charge < -0.3 is 14.6 Å². The summed E-state index contributed by atoms with van der Waals surface area (Å²) in [5.74, 6) is -0.499. The highest BCUT2D eigenvalue weighted by Crippen LogP contribution is 2.24. The first-order valence-electron chi connectivity index (χ1n) is 6.51. The van der Waals surface area contributed by atoms with Crippen LogP contribution < -0.4 is 5.32 Å². The number of hydrogen-bond donors (Lipinski definition) is 1. The normalized spacial score (nSPS) is 24.5. The van der Waals surface area contributed by atoms with Crippen molar-refractivity contribution in [1.82, 2.24) is 5.32 Å². The molecule has 1 saturated carbocycles. The van der Waals surface area contributed by atoms with Gasteiger partial charge in [-0.3, -0.25) is 14.4 Å². The average Bonchev–Trinajstić information content (AvgIpc) is 2.53. The molecule has 1 atom stereocenters. The molecule has 3 N–H and O–H groups in total. The van der Waals surface area contributed by atoms with Gasteiger partial charge in [0, 0.05) is 5.92 Å². The van der Waals surface area contributed by atoms with E-state index in [4.69, 9.17) is 3.79 Å². The monoisotopic (exact) mass is 284 g/mol. The van der Waals surface area contributed by atoms with Gasteiger partial charge in [0.15, 0.2) is 0 Å². The lowest BCUT2D eigenvalue weighted by molar-refractivity contribution is -0.136. The Labute approximate surface area is 118 Å². The standard InChI is InChI=1S/C12H18NO4.Al.H2O/c1-8(14)10(7-11(15)16)13-12(17)9-5-3-2-4-6-9;;/h9-10H,1-7H2,(H,13,17)(H,15,16);;1H2/q;+1;/p-1. The molecular weight excluding hydrogens is 265 g/mol. The van der Waals surface area contributed by atoms with E-state index in [1.807, 2.05) is 0 Å². The van der Waals surface area contributed by atoms with Crippen LogP contribution in [0.2, 0.25) is 5.28 Å². The molecule has 6 nitrogen and oxygen atoms in total. The van der Waals surface area contributed by atoms with Crippen molar-refractivity contribution in [3.63, 3.8) is 0 Å². The third-order valence-electron chi connectivity index (χ3n) is 3.55. The zero-order chi connectivity index (χ0) is 13.0. The summed E-state index contributed by atoms with van der Waals surface area (Å²) in [5, 5.41) is 3.01. The van der Waals surface area contributed by atoms with E-state index in [1.54, 1.807) is 0 Å². The fourth-order valence-electron chi connectivity index (χ4n) is 2.47. The van der Waals surface area contributed by atoms with Crippen molar-refractivity contribution in [3.8, 4) is 0 Å². The third-order valence-corrected chi connectivity index (χ3v) is 4.55. The van der Waals surface area contributed by atoms with Crippen molar-refractivity contribution in [2.24, 2.45) is 5.92 Å². The van der Waals surface area contributed by atoms with E-state index in [9.17, 15) is 14.4 Å². The lowest BCUT2D eigenvalue weighted by Gasteiger charge is -2.23. The number of amides is 1. The van der Waals surface area contributed by atoms with Gasteiger partial charge in [0.1, 0.15) is 5.78 Å². The Bertz CT molecular complexity index is 354. The molecule has 7 heteroatoms. The van der Waals surface area contributed by atoms with Crippen molar-refractivity contribution < 1.29 is 23.6 Å².